The van der Waals surface area contributed by atoms with Gasteiger partial charge in [-0.05, 0) is 37.8 Å². The molecule has 4 N–H and O–H groups in total. The molecule has 1 fully saturated rings. The number of anilines is 1. The molecule has 0 bridgehead atoms. The summed E-state index contributed by atoms with van der Waals surface area (Å²) >= 11 is 0. The molecular formula is C14H20N2O2. The summed E-state index contributed by atoms with van der Waals surface area (Å²) in [5.74, 6) is 0.207. The van der Waals surface area contributed by atoms with Crippen molar-refractivity contribution in [3.05, 3.63) is 23.8 Å². The minimum Gasteiger partial charge on any atom is -0.508 e. The second kappa shape index (κ2) is 5.40. The quantitative estimate of drug-likeness (QED) is 0.750. The van der Waals surface area contributed by atoms with E-state index in [0.717, 1.165) is 31.2 Å². The molecule has 0 heterocycles. The summed E-state index contributed by atoms with van der Waals surface area (Å²) in [5.41, 5.74) is 7.32. The van der Waals surface area contributed by atoms with Crippen molar-refractivity contribution >= 4 is 11.6 Å². The lowest BCUT2D eigenvalue weighted by Crippen LogP contribution is -2.34. The summed E-state index contributed by atoms with van der Waals surface area (Å²) in [6, 6.07) is 5.31. The highest BCUT2D eigenvalue weighted by Crippen LogP contribution is 2.26. The number of carbonyl (C=O) groups is 1. The van der Waals surface area contributed by atoms with Crippen molar-refractivity contribution in [2.75, 3.05) is 5.32 Å². The van der Waals surface area contributed by atoms with Gasteiger partial charge in [-0.3, -0.25) is 4.79 Å². The van der Waals surface area contributed by atoms with Crippen LogP contribution in [-0.2, 0) is 4.79 Å². The molecule has 0 radical (unpaired) electrons. The first-order chi connectivity index (χ1) is 8.56. The molecular weight excluding hydrogens is 228 g/mol. The van der Waals surface area contributed by atoms with Gasteiger partial charge < -0.3 is 16.2 Å². The van der Waals surface area contributed by atoms with Crippen LogP contribution in [0.4, 0.5) is 5.69 Å². The Bertz CT molecular complexity index is 445. The maximum atomic E-state index is 12.1. The monoisotopic (exact) mass is 248 g/mol. The number of rotatable bonds is 2. The number of phenolic OH excluding ortho intramolecular Hbond substituents is 1. The zero-order valence-corrected chi connectivity index (χ0v) is 10.6. The van der Waals surface area contributed by atoms with Crippen LogP contribution in [0, 0.1) is 12.8 Å². The zero-order chi connectivity index (χ0) is 13.1. The van der Waals surface area contributed by atoms with E-state index in [1.807, 2.05) is 6.92 Å². The maximum Gasteiger partial charge on any atom is 0.227 e. The number of carbonyl (C=O) groups excluding carboxylic acids is 1. The normalized spacial score (nSPS) is 23.7. The minimum atomic E-state index is -0.00260. The molecule has 0 aromatic heterocycles. The number of phenols is 1. The molecule has 0 saturated heterocycles. The van der Waals surface area contributed by atoms with E-state index in [0.29, 0.717) is 5.69 Å². The first-order valence-electron chi connectivity index (χ1n) is 6.42. The lowest BCUT2D eigenvalue weighted by molar-refractivity contribution is -0.120. The van der Waals surface area contributed by atoms with E-state index in [4.69, 9.17) is 5.73 Å². The SMILES string of the molecule is Cc1ccc(NC(=O)C2CCCC(N)C2)cc1O. The number of hydrogen-bond donors (Lipinski definition) is 3. The summed E-state index contributed by atoms with van der Waals surface area (Å²) in [7, 11) is 0. The Hall–Kier alpha value is -1.55. The first kappa shape index (κ1) is 12.9. The third kappa shape index (κ3) is 3.01. The van der Waals surface area contributed by atoms with Gasteiger partial charge in [-0.25, -0.2) is 0 Å². The molecule has 1 aromatic carbocycles. The van der Waals surface area contributed by atoms with E-state index < -0.39 is 0 Å². The van der Waals surface area contributed by atoms with Gasteiger partial charge >= 0.3 is 0 Å². The summed E-state index contributed by atoms with van der Waals surface area (Å²) in [4.78, 5) is 12.1. The third-order valence-electron chi connectivity index (χ3n) is 3.56. The minimum absolute atomic E-state index is 0.00260. The second-order valence-electron chi connectivity index (χ2n) is 5.11. The smallest absolute Gasteiger partial charge is 0.227 e. The molecule has 4 nitrogen and oxygen atoms in total. The molecule has 1 aliphatic carbocycles. The molecule has 4 heteroatoms. The summed E-state index contributed by atoms with van der Waals surface area (Å²) in [6.07, 6.45) is 3.68. The Morgan fingerprint density at radius 1 is 1.44 bits per heavy atom. The summed E-state index contributed by atoms with van der Waals surface area (Å²) < 4.78 is 0. The van der Waals surface area contributed by atoms with Crippen molar-refractivity contribution in [2.24, 2.45) is 11.7 Å². The lowest BCUT2D eigenvalue weighted by atomic mass is 9.85. The van der Waals surface area contributed by atoms with Gasteiger partial charge in [0, 0.05) is 23.7 Å². The molecule has 2 rings (SSSR count). The molecule has 2 atom stereocenters. The van der Waals surface area contributed by atoms with E-state index in [1.165, 1.54) is 0 Å². The highest BCUT2D eigenvalue weighted by Gasteiger charge is 2.25. The van der Waals surface area contributed by atoms with Crippen LogP contribution >= 0.6 is 0 Å². The number of aromatic hydroxyl groups is 1. The van der Waals surface area contributed by atoms with Gasteiger partial charge in [0.05, 0.1) is 0 Å². The van der Waals surface area contributed by atoms with E-state index >= 15 is 0 Å². The fourth-order valence-corrected chi connectivity index (χ4v) is 2.40. The van der Waals surface area contributed by atoms with Crippen molar-refractivity contribution in [1.82, 2.24) is 0 Å². The fraction of sp³-hybridized carbons (Fsp3) is 0.500. The number of hydrogen-bond acceptors (Lipinski definition) is 3. The van der Waals surface area contributed by atoms with Crippen LogP contribution in [0.1, 0.15) is 31.2 Å². The Morgan fingerprint density at radius 2 is 2.22 bits per heavy atom. The lowest BCUT2D eigenvalue weighted by Gasteiger charge is -2.25. The van der Waals surface area contributed by atoms with Crippen LogP contribution in [0.25, 0.3) is 0 Å². The van der Waals surface area contributed by atoms with Gasteiger partial charge in [0.25, 0.3) is 0 Å². The number of benzene rings is 1. The van der Waals surface area contributed by atoms with Crippen molar-refractivity contribution in [1.29, 1.82) is 0 Å². The second-order valence-corrected chi connectivity index (χ2v) is 5.11. The van der Waals surface area contributed by atoms with E-state index in [9.17, 15) is 9.90 Å². The van der Waals surface area contributed by atoms with Gasteiger partial charge in [-0.15, -0.1) is 0 Å². The van der Waals surface area contributed by atoms with Crippen LogP contribution in [0.5, 0.6) is 5.75 Å². The van der Waals surface area contributed by atoms with Crippen LogP contribution < -0.4 is 11.1 Å². The average molecular weight is 248 g/mol. The van der Waals surface area contributed by atoms with Crippen molar-refractivity contribution in [3.63, 3.8) is 0 Å². The molecule has 1 amide bonds. The number of aryl methyl sites for hydroxylation is 1. The highest BCUT2D eigenvalue weighted by molar-refractivity contribution is 5.92. The average Bonchev–Trinajstić information content (AvgIpc) is 2.34. The molecule has 1 aliphatic rings. The molecule has 1 aromatic rings. The molecule has 0 aliphatic heterocycles. The largest absolute Gasteiger partial charge is 0.508 e. The molecule has 18 heavy (non-hydrogen) atoms. The van der Waals surface area contributed by atoms with Crippen molar-refractivity contribution < 1.29 is 9.90 Å². The standard InChI is InChI=1S/C14H20N2O2/c1-9-5-6-12(8-13(9)17)16-14(18)10-3-2-4-11(15)7-10/h5-6,8,10-11,17H,2-4,7,15H2,1H3,(H,16,18). The summed E-state index contributed by atoms with van der Waals surface area (Å²) in [6.45, 7) is 1.82. The number of nitrogens with two attached hydrogens (primary N) is 1. The van der Waals surface area contributed by atoms with Crippen molar-refractivity contribution in [2.45, 2.75) is 38.6 Å². The highest BCUT2D eigenvalue weighted by atomic mass is 16.3. The maximum absolute atomic E-state index is 12.1. The van der Waals surface area contributed by atoms with Crippen molar-refractivity contribution in [3.8, 4) is 5.75 Å². The Morgan fingerprint density at radius 3 is 2.89 bits per heavy atom. The van der Waals surface area contributed by atoms with Crippen LogP contribution in [-0.4, -0.2) is 17.1 Å². The van der Waals surface area contributed by atoms with E-state index in [-0.39, 0.29) is 23.6 Å². The van der Waals surface area contributed by atoms with E-state index in [1.54, 1.807) is 18.2 Å². The van der Waals surface area contributed by atoms with E-state index in [2.05, 4.69) is 5.32 Å². The third-order valence-corrected chi connectivity index (χ3v) is 3.56. The predicted molar refractivity (Wildman–Crippen MR) is 71.4 cm³/mol. The fourth-order valence-electron chi connectivity index (χ4n) is 2.40. The van der Waals surface area contributed by atoms with Crippen LogP contribution in [0.15, 0.2) is 18.2 Å². The Labute approximate surface area is 107 Å². The first-order valence-corrected chi connectivity index (χ1v) is 6.42. The predicted octanol–water partition coefficient (Wildman–Crippen LogP) is 2.16. The zero-order valence-electron chi connectivity index (χ0n) is 10.6. The van der Waals surface area contributed by atoms with Gasteiger partial charge in [0.15, 0.2) is 0 Å². The Kier molecular flexibility index (Phi) is 3.87. The van der Waals surface area contributed by atoms with Gasteiger partial charge in [-0.1, -0.05) is 12.5 Å². The van der Waals surface area contributed by atoms with Gasteiger partial charge in [-0.2, -0.15) is 0 Å². The van der Waals surface area contributed by atoms with Crippen LogP contribution in [0.2, 0.25) is 0 Å². The summed E-state index contributed by atoms with van der Waals surface area (Å²) in [5, 5.41) is 12.4. The van der Waals surface area contributed by atoms with Gasteiger partial charge in [0.1, 0.15) is 5.75 Å². The molecule has 0 spiro atoms. The molecule has 1 saturated carbocycles. The molecule has 98 valence electrons. The topological polar surface area (TPSA) is 75.4 Å². The molecule has 2 unspecified atom stereocenters. The number of amides is 1. The van der Waals surface area contributed by atoms with Crippen LogP contribution in [0.3, 0.4) is 0 Å². The number of nitrogens with one attached hydrogen (secondary N) is 1. The van der Waals surface area contributed by atoms with Gasteiger partial charge in [0.2, 0.25) is 5.91 Å². The Balaban J connectivity index is 2.00.